The molecule has 0 bridgehead atoms. The van der Waals surface area contributed by atoms with E-state index in [1.54, 1.807) is 0 Å². The highest BCUT2D eigenvalue weighted by Gasteiger charge is 2.27. The van der Waals surface area contributed by atoms with Crippen LogP contribution in [-0.2, 0) is 4.74 Å². The highest BCUT2D eigenvalue weighted by molar-refractivity contribution is 5.46. The molecular weight excluding hydrogens is 262 g/mol. The number of hydrogen-bond donors (Lipinski definition) is 1. The number of para-hydroxylation sites is 1. The Labute approximate surface area is 128 Å². The summed E-state index contributed by atoms with van der Waals surface area (Å²) in [6.07, 6.45) is 1.20. The van der Waals surface area contributed by atoms with Gasteiger partial charge in [-0.05, 0) is 25.6 Å². The number of anilines is 1. The van der Waals surface area contributed by atoms with Crippen LogP contribution in [-0.4, -0.2) is 63.9 Å². The minimum absolute atomic E-state index is 0.566. The highest BCUT2D eigenvalue weighted by Crippen LogP contribution is 2.19. The van der Waals surface area contributed by atoms with E-state index in [2.05, 4.69) is 52.5 Å². The molecule has 1 aromatic rings. The smallest absolute Gasteiger partial charge is 0.0510 e. The lowest BCUT2D eigenvalue weighted by Crippen LogP contribution is -2.52. The lowest BCUT2D eigenvalue weighted by molar-refractivity contribution is 0.160. The van der Waals surface area contributed by atoms with Crippen molar-refractivity contribution in [1.29, 1.82) is 0 Å². The van der Waals surface area contributed by atoms with Crippen LogP contribution in [0.4, 0.5) is 5.69 Å². The molecule has 2 aliphatic rings. The molecule has 4 nitrogen and oxygen atoms in total. The van der Waals surface area contributed by atoms with Gasteiger partial charge in [0.2, 0.25) is 0 Å². The summed E-state index contributed by atoms with van der Waals surface area (Å²) in [5.74, 6) is 0.683. The summed E-state index contributed by atoms with van der Waals surface area (Å²) in [4.78, 5) is 5.09. The first-order valence-corrected chi connectivity index (χ1v) is 8.14. The first kappa shape index (κ1) is 14.8. The Morgan fingerprint density at radius 1 is 1.19 bits per heavy atom. The lowest BCUT2D eigenvalue weighted by atomic mass is 9.98. The second-order valence-corrected chi connectivity index (χ2v) is 6.14. The zero-order valence-electron chi connectivity index (χ0n) is 13.0. The summed E-state index contributed by atoms with van der Waals surface area (Å²) in [6, 6.07) is 11.3. The predicted octanol–water partition coefficient (Wildman–Crippen LogP) is 1.43. The lowest BCUT2D eigenvalue weighted by Gasteiger charge is -2.38. The molecule has 3 rings (SSSR count). The van der Waals surface area contributed by atoms with Crippen molar-refractivity contribution in [2.24, 2.45) is 5.92 Å². The maximum absolute atomic E-state index is 5.54. The van der Waals surface area contributed by atoms with E-state index in [1.165, 1.54) is 12.1 Å². The number of hydrogen-bond acceptors (Lipinski definition) is 4. The number of nitrogens with zero attached hydrogens (tertiary/aromatic N) is 2. The third-order valence-corrected chi connectivity index (χ3v) is 4.85. The molecule has 21 heavy (non-hydrogen) atoms. The zero-order valence-corrected chi connectivity index (χ0v) is 13.0. The summed E-state index contributed by atoms with van der Waals surface area (Å²) in [5, 5.41) is 3.50. The second kappa shape index (κ2) is 7.25. The van der Waals surface area contributed by atoms with Crippen LogP contribution in [0.15, 0.2) is 30.3 Å². The molecule has 0 saturated carbocycles. The molecule has 1 aromatic carbocycles. The molecule has 0 amide bonds. The van der Waals surface area contributed by atoms with E-state index in [9.17, 15) is 0 Å². The monoisotopic (exact) mass is 289 g/mol. The third kappa shape index (κ3) is 3.76. The van der Waals surface area contributed by atoms with Crippen LogP contribution in [0.5, 0.6) is 0 Å². The molecule has 4 heteroatoms. The molecule has 0 aromatic heterocycles. The summed E-state index contributed by atoms with van der Waals surface area (Å²) >= 11 is 0. The van der Waals surface area contributed by atoms with Crippen LogP contribution in [0.25, 0.3) is 0 Å². The Morgan fingerprint density at radius 3 is 2.57 bits per heavy atom. The van der Waals surface area contributed by atoms with E-state index in [-0.39, 0.29) is 0 Å². The zero-order chi connectivity index (χ0) is 14.5. The van der Waals surface area contributed by atoms with Crippen LogP contribution < -0.4 is 10.2 Å². The Bertz CT molecular complexity index is 411. The van der Waals surface area contributed by atoms with Crippen LogP contribution >= 0.6 is 0 Å². The fourth-order valence-corrected chi connectivity index (χ4v) is 3.45. The molecule has 0 spiro atoms. The summed E-state index contributed by atoms with van der Waals surface area (Å²) in [7, 11) is 2.09. The van der Waals surface area contributed by atoms with Gasteiger partial charge in [-0.25, -0.2) is 0 Å². The van der Waals surface area contributed by atoms with Crippen molar-refractivity contribution in [2.75, 3.05) is 57.9 Å². The molecule has 2 atom stereocenters. The SMILES string of the molecule is CNC(CN1CCN(c2ccccc2)CC1)C1CCOC1. The maximum Gasteiger partial charge on any atom is 0.0510 e. The van der Waals surface area contributed by atoms with Gasteiger partial charge in [-0.1, -0.05) is 18.2 Å². The number of ether oxygens (including phenoxy) is 1. The Balaban J connectivity index is 1.49. The Morgan fingerprint density at radius 2 is 1.95 bits per heavy atom. The van der Waals surface area contributed by atoms with Crippen LogP contribution in [0.1, 0.15) is 6.42 Å². The van der Waals surface area contributed by atoms with Gasteiger partial charge in [-0.2, -0.15) is 0 Å². The fourth-order valence-electron chi connectivity index (χ4n) is 3.45. The molecule has 2 fully saturated rings. The number of piperazine rings is 1. The second-order valence-electron chi connectivity index (χ2n) is 6.14. The van der Waals surface area contributed by atoms with Crippen molar-refractivity contribution in [1.82, 2.24) is 10.2 Å². The summed E-state index contributed by atoms with van der Waals surface area (Å²) in [6.45, 7) is 7.57. The van der Waals surface area contributed by atoms with E-state index in [1.807, 2.05) is 0 Å². The van der Waals surface area contributed by atoms with Crippen molar-refractivity contribution in [3.05, 3.63) is 30.3 Å². The largest absolute Gasteiger partial charge is 0.381 e. The molecule has 2 aliphatic heterocycles. The molecule has 2 unspecified atom stereocenters. The van der Waals surface area contributed by atoms with Gasteiger partial charge in [0, 0.05) is 57.0 Å². The maximum atomic E-state index is 5.54. The Kier molecular flexibility index (Phi) is 5.12. The average Bonchev–Trinajstić information content (AvgIpc) is 3.08. The minimum Gasteiger partial charge on any atom is -0.381 e. The average molecular weight is 289 g/mol. The number of rotatable bonds is 5. The number of nitrogens with one attached hydrogen (secondary N) is 1. The third-order valence-electron chi connectivity index (χ3n) is 4.85. The molecule has 116 valence electrons. The fraction of sp³-hybridized carbons (Fsp3) is 0.647. The topological polar surface area (TPSA) is 27.7 Å². The normalized spacial score (nSPS) is 25.2. The predicted molar refractivity (Wildman–Crippen MR) is 86.9 cm³/mol. The molecule has 2 heterocycles. The van der Waals surface area contributed by atoms with E-state index in [0.29, 0.717) is 12.0 Å². The van der Waals surface area contributed by atoms with Crippen molar-refractivity contribution in [3.63, 3.8) is 0 Å². The quantitative estimate of drug-likeness (QED) is 0.887. The first-order valence-electron chi connectivity index (χ1n) is 8.14. The van der Waals surface area contributed by atoms with Gasteiger partial charge in [-0.15, -0.1) is 0 Å². The Hall–Kier alpha value is -1.10. The van der Waals surface area contributed by atoms with Gasteiger partial charge >= 0.3 is 0 Å². The van der Waals surface area contributed by atoms with Crippen molar-refractivity contribution >= 4 is 5.69 Å². The van der Waals surface area contributed by atoms with Gasteiger partial charge in [0.25, 0.3) is 0 Å². The minimum atomic E-state index is 0.566. The van der Waals surface area contributed by atoms with Crippen molar-refractivity contribution in [2.45, 2.75) is 12.5 Å². The van der Waals surface area contributed by atoms with E-state index in [0.717, 1.165) is 45.9 Å². The van der Waals surface area contributed by atoms with E-state index < -0.39 is 0 Å². The molecular formula is C17H27N3O. The first-order chi connectivity index (χ1) is 10.4. The van der Waals surface area contributed by atoms with Crippen LogP contribution in [0, 0.1) is 5.92 Å². The highest BCUT2D eigenvalue weighted by atomic mass is 16.5. The van der Waals surface area contributed by atoms with E-state index >= 15 is 0 Å². The molecule has 0 radical (unpaired) electrons. The van der Waals surface area contributed by atoms with Crippen LogP contribution in [0.2, 0.25) is 0 Å². The van der Waals surface area contributed by atoms with E-state index in [4.69, 9.17) is 4.74 Å². The molecule has 0 aliphatic carbocycles. The van der Waals surface area contributed by atoms with Gasteiger partial charge in [0.1, 0.15) is 0 Å². The van der Waals surface area contributed by atoms with Crippen molar-refractivity contribution < 1.29 is 4.74 Å². The molecule has 1 N–H and O–H groups in total. The number of likely N-dealkylation sites (N-methyl/N-ethyl adjacent to an activating group) is 1. The van der Waals surface area contributed by atoms with Gasteiger partial charge in [0.05, 0.1) is 6.61 Å². The standard InChI is InChI=1S/C17H27N3O/c1-18-17(15-7-12-21-14-15)13-19-8-10-20(11-9-19)16-5-3-2-4-6-16/h2-6,15,17-18H,7-14H2,1H3. The number of benzene rings is 1. The summed E-state index contributed by atoms with van der Waals surface area (Å²) in [5.41, 5.74) is 1.35. The van der Waals surface area contributed by atoms with Gasteiger partial charge < -0.3 is 15.0 Å². The summed E-state index contributed by atoms with van der Waals surface area (Å²) < 4.78 is 5.54. The molecule has 2 saturated heterocycles. The van der Waals surface area contributed by atoms with Gasteiger partial charge in [-0.3, -0.25) is 4.90 Å². The van der Waals surface area contributed by atoms with Gasteiger partial charge in [0.15, 0.2) is 0 Å². The van der Waals surface area contributed by atoms with Crippen LogP contribution in [0.3, 0.4) is 0 Å². The van der Waals surface area contributed by atoms with Crippen molar-refractivity contribution in [3.8, 4) is 0 Å².